The number of hydrogen-bond donors (Lipinski definition) is 1. The van der Waals surface area contributed by atoms with Crippen LogP contribution in [-0.4, -0.2) is 29.2 Å². The minimum atomic E-state index is -0.118. The van der Waals surface area contributed by atoms with E-state index in [2.05, 4.69) is 15.0 Å². The van der Waals surface area contributed by atoms with Crippen molar-refractivity contribution in [3.8, 4) is 0 Å². The van der Waals surface area contributed by atoms with E-state index >= 15 is 0 Å². The quantitative estimate of drug-likeness (QED) is 0.813. The summed E-state index contributed by atoms with van der Waals surface area (Å²) >= 11 is 0. The molecule has 0 aliphatic rings. The maximum absolute atomic E-state index is 11.7. The van der Waals surface area contributed by atoms with Crippen molar-refractivity contribution in [2.45, 2.75) is 26.7 Å². The number of carbonyl (C=O) groups excluding carboxylic acids is 1. The molecule has 1 rings (SSSR count). The van der Waals surface area contributed by atoms with Crippen LogP contribution in [0, 0.1) is 0 Å². The molecule has 1 aromatic rings. The smallest absolute Gasteiger partial charge is 0.323 e. The van der Waals surface area contributed by atoms with Crippen LogP contribution in [0.15, 0.2) is 16.9 Å². The zero-order valence-corrected chi connectivity index (χ0v) is 9.19. The van der Waals surface area contributed by atoms with Crippen molar-refractivity contribution in [3.05, 3.63) is 12.3 Å². The van der Waals surface area contributed by atoms with Gasteiger partial charge >= 0.3 is 6.03 Å². The SMILES string of the molecule is CCCN(CCC)C(=O)Nc1ccon1. The van der Waals surface area contributed by atoms with Crippen LogP contribution in [0.3, 0.4) is 0 Å². The average Bonchev–Trinajstić information content (AvgIpc) is 2.70. The van der Waals surface area contributed by atoms with Crippen molar-refractivity contribution in [1.82, 2.24) is 10.1 Å². The van der Waals surface area contributed by atoms with Gasteiger partial charge < -0.3 is 9.42 Å². The van der Waals surface area contributed by atoms with Crippen molar-refractivity contribution < 1.29 is 9.32 Å². The summed E-state index contributed by atoms with van der Waals surface area (Å²) in [6.45, 7) is 5.62. The first-order valence-corrected chi connectivity index (χ1v) is 5.24. The summed E-state index contributed by atoms with van der Waals surface area (Å²) in [4.78, 5) is 13.5. The molecule has 5 nitrogen and oxygen atoms in total. The van der Waals surface area contributed by atoms with Gasteiger partial charge in [0.05, 0.1) is 0 Å². The van der Waals surface area contributed by atoms with Crippen LogP contribution in [0.2, 0.25) is 0 Å². The van der Waals surface area contributed by atoms with Gasteiger partial charge in [0.15, 0.2) is 5.82 Å². The molecule has 15 heavy (non-hydrogen) atoms. The van der Waals surface area contributed by atoms with E-state index in [0.717, 1.165) is 25.9 Å². The summed E-state index contributed by atoms with van der Waals surface area (Å²) in [6, 6.07) is 1.50. The Morgan fingerprint density at radius 2 is 2.13 bits per heavy atom. The van der Waals surface area contributed by atoms with Crippen LogP contribution in [-0.2, 0) is 0 Å². The summed E-state index contributed by atoms with van der Waals surface area (Å²) in [5.74, 6) is 0.456. The Bertz CT molecular complexity index is 279. The molecule has 0 radical (unpaired) electrons. The van der Waals surface area contributed by atoms with Gasteiger partial charge in [0, 0.05) is 19.2 Å². The molecule has 0 saturated carbocycles. The van der Waals surface area contributed by atoms with Gasteiger partial charge in [-0.3, -0.25) is 5.32 Å². The molecule has 0 bridgehead atoms. The second-order valence-electron chi connectivity index (χ2n) is 3.30. The van der Waals surface area contributed by atoms with Crippen LogP contribution in [0.5, 0.6) is 0 Å². The third kappa shape index (κ3) is 3.61. The molecular formula is C10H17N3O2. The summed E-state index contributed by atoms with van der Waals surface area (Å²) in [6.07, 6.45) is 3.33. The van der Waals surface area contributed by atoms with Crippen LogP contribution in [0.1, 0.15) is 26.7 Å². The van der Waals surface area contributed by atoms with Gasteiger partial charge in [0.25, 0.3) is 0 Å². The van der Waals surface area contributed by atoms with E-state index in [4.69, 9.17) is 0 Å². The highest BCUT2D eigenvalue weighted by atomic mass is 16.5. The lowest BCUT2D eigenvalue weighted by Gasteiger charge is -2.20. The highest BCUT2D eigenvalue weighted by molar-refractivity contribution is 5.88. The van der Waals surface area contributed by atoms with Crippen LogP contribution in [0.25, 0.3) is 0 Å². The van der Waals surface area contributed by atoms with E-state index < -0.39 is 0 Å². The molecule has 5 heteroatoms. The van der Waals surface area contributed by atoms with E-state index in [1.165, 1.54) is 6.26 Å². The Hall–Kier alpha value is -1.52. The molecule has 2 amide bonds. The molecule has 0 spiro atoms. The third-order valence-corrected chi connectivity index (χ3v) is 1.95. The fourth-order valence-electron chi connectivity index (χ4n) is 1.32. The first-order chi connectivity index (χ1) is 7.27. The first-order valence-electron chi connectivity index (χ1n) is 5.24. The van der Waals surface area contributed by atoms with Crippen molar-refractivity contribution in [3.63, 3.8) is 0 Å². The molecule has 1 aromatic heterocycles. The second-order valence-corrected chi connectivity index (χ2v) is 3.30. The highest BCUT2D eigenvalue weighted by Crippen LogP contribution is 2.04. The maximum Gasteiger partial charge on any atom is 0.323 e. The van der Waals surface area contributed by atoms with Crippen LogP contribution in [0.4, 0.5) is 10.6 Å². The molecule has 0 aliphatic carbocycles. The highest BCUT2D eigenvalue weighted by Gasteiger charge is 2.12. The number of rotatable bonds is 5. The van der Waals surface area contributed by atoms with Gasteiger partial charge in [0.1, 0.15) is 6.26 Å². The lowest BCUT2D eigenvalue weighted by atomic mass is 10.4. The van der Waals surface area contributed by atoms with Gasteiger partial charge in [-0.1, -0.05) is 19.0 Å². The molecule has 0 aliphatic heterocycles. The molecule has 1 N–H and O–H groups in total. The third-order valence-electron chi connectivity index (χ3n) is 1.95. The van der Waals surface area contributed by atoms with Gasteiger partial charge in [-0.15, -0.1) is 0 Å². The van der Waals surface area contributed by atoms with Crippen molar-refractivity contribution in [1.29, 1.82) is 0 Å². The maximum atomic E-state index is 11.7. The topological polar surface area (TPSA) is 58.4 Å². The summed E-state index contributed by atoms with van der Waals surface area (Å²) in [5, 5.41) is 6.30. The minimum absolute atomic E-state index is 0.118. The van der Waals surface area contributed by atoms with Crippen molar-refractivity contribution in [2.24, 2.45) is 0 Å². The van der Waals surface area contributed by atoms with E-state index in [0.29, 0.717) is 5.82 Å². The Morgan fingerprint density at radius 1 is 1.47 bits per heavy atom. The van der Waals surface area contributed by atoms with Gasteiger partial charge in [0.2, 0.25) is 0 Å². The minimum Gasteiger partial charge on any atom is -0.363 e. The normalized spacial score (nSPS) is 10.0. The number of anilines is 1. The number of hydrogen-bond acceptors (Lipinski definition) is 3. The van der Waals surface area contributed by atoms with E-state index in [9.17, 15) is 4.79 Å². The van der Waals surface area contributed by atoms with Gasteiger partial charge in [-0.2, -0.15) is 0 Å². The summed E-state index contributed by atoms with van der Waals surface area (Å²) < 4.78 is 4.63. The molecule has 0 saturated heterocycles. The van der Waals surface area contributed by atoms with E-state index in [1.54, 1.807) is 11.0 Å². The van der Waals surface area contributed by atoms with Crippen molar-refractivity contribution >= 4 is 11.8 Å². The van der Waals surface area contributed by atoms with E-state index in [1.807, 2.05) is 13.8 Å². The molecule has 0 aromatic carbocycles. The average molecular weight is 211 g/mol. The summed E-state index contributed by atoms with van der Waals surface area (Å²) in [7, 11) is 0. The Kier molecular flexibility index (Phi) is 4.66. The fraction of sp³-hybridized carbons (Fsp3) is 0.600. The van der Waals surface area contributed by atoms with Gasteiger partial charge in [-0.25, -0.2) is 4.79 Å². The predicted octanol–water partition coefficient (Wildman–Crippen LogP) is 2.33. The number of nitrogens with zero attached hydrogens (tertiary/aromatic N) is 2. The number of amides is 2. The van der Waals surface area contributed by atoms with Gasteiger partial charge in [-0.05, 0) is 12.8 Å². The monoisotopic (exact) mass is 211 g/mol. The summed E-state index contributed by atoms with van der Waals surface area (Å²) in [5.41, 5.74) is 0. The molecular weight excluding hydrogens is 194 g/mol. The Labute approximate surface area is 89.4 Å². The molecule has 0 fully saturated rings. The van der Waals surface area contributed by atoms with Crippen molar-refractivity contribution in [2.75, 3.05) is 18.4 Å². The molecule has 0 unspecified atom stereocenters. The van der Waals surface area contributed by atoms with Crippen LogP contribution >= 0.6 is 0 Å². The largest absolute Gasteiger partial charge is 0.363 e. The molecule has 84 valence electrons. The molecule has 1 heterocycles. The zero-order valence-electron chi connectivity index (χ0n) is 9.19. The number of aromatic nitrogens is 1. The second kappa shape index (κ2) is 6.06. The zero-order chi connectivity index (χ0) is 11.1. The number of nitrogens with one attached hydrogen (secondary N) is 1. The standard InChI is InChI=1S/C10H17N3O2/c1-3-6-13(7-4-2)10(14)11-9-5-8-15-12-9/h5,8H,3-4,6-7H2,1-2H3,(H,11,12,14). The Balaban J connectivity index is 2.48. The predicted molar refractivity (Wildman–Crippen MR) is 57.7 cm³/mol. The first kappa shape index (κ1) is 11.6. The molecule has 0 atom stereocenters. The Morgan fingerprint density at radius 3 is 2.60 bits per heavy atom. The lowest BCUT2D eigenvalue weighted by Crippen LogP contribution is -2.36. The van der Waals surface area contributed by atoms with E-state index in [-0.39, 0.29) is 6.03 Å². The number of carbonyl (C=O) groups is 1. The van der Waals surface area contributed by atoms with Crippen LogP contribution < -0.4 is 5.32 Å². The number of urea groups is 1. The fourth-order valence-corrected chi connectivity index (χ4v) is 1.32. The lowest BCUT2D eigenvalue weighted by molar-refractivity contribution is 0.211.